The summed E-state index contributed by atoms with van der Waals surface area (Å²) in [6.07, 6.45) is 2.08. The van der Waals surface area contributed by atoms with E-state index in [1.165, 1.54) is 4.90 Å². The smallest absolute Gasteiger partial charge is 0.278 e. The van der Waals surface area contributed by atoms with E-state index in [1.54, 1.807) is 12.1 Å². The normalized spacial score (nSPS) is 17.6. The topological polar surface area (TPSA) is 40.6 Å². The third-order valence-electron chi connectivity index (χ3n) is 4.88. The highest BCUT2D eigenvalue weighted by molar-refractivity contribution is 6.35. The number of halogens is 1. The first-order chi connectivity index (χ1) is 12.6. The van der Waals surface area contributed by atoms with Crippen LogP contribution in [0, 0.1) is 0 Å². The van der Waals surface area contributed by atoms with Crippen LogP contribution in [0.15, 0.2) is 60.3 Å². The summed E-state index contributed by atoms with van der Waals surface area (Å²) in [6, 6.07) is 16.7. The van der Waals surface area contributed by atoms with Crippen LogP contribution in [0.3, 0.4) is 0 Å². The predicted octanol–water partition coefficient (Wildman–Crippen LogP) is 3.72. The van der Waals surface area contributed by atoms with Crippen molar-refractivity contribution in [2.75, 3.05) is 13.1 Å². The Kier molecular flexibility index (Phi) is 4.51. The van der Waals surface area contributed by atoms with Crippen LogP contribution >= 0.6 is 11.6 Å². The Morgan fingerprint density at radius 3 is 2.15 bits per heavy atom. The SMILES string of the molecule is O=C1C(c2ccc(Cl)cc2)=C(N2CCCC2)C(=O)N1Cc1ccccc1. The van der Waals surface area contributed by atoms with Crippen molar-refractivity contribution in [3.8, 4) is 0 Å². The zero-order valence-corrected chi connectivity index (χ0v) is 15.1. The van der Waals surface area contributed by atoms with Crippen molar-refractivity contribution in [3.63, 3.8) is 0 Å². The van der Waals surface area contributed by atoms with E-state index < -0.39 is 0 Å². The summed E-state index contributed by atoms with van der Waals surface area (Å²) < 4.78 is 0. The van der Waals surface area contributed by atoms with E-state index in [2.05, 4.69) is 4.90 Å². The Morgan fingerprint density at radius 1 is 0.846 bits per heavy atom. The predicted molar refractivity (Wildman–Crippen MR) is 101 cm³/mol. The van der Waals surface area contributed by atoms with Crippen molar-refractivity contribution < 1.29 is 9.59 Å². The molecule has 2 aromatic carbocycles. The number of hydrogen-bond donors (Lipinski definition) is 0. The number of nitrogens with zero attached hydrogens (tertiary/aromatic N) is 2. The second-order valence-electron chi connectivity index (χ2n) is 6.61. The lowest BCUT2D eigenvalue weighted by atomic mass is 10.0. The highest BCUT2D eigenvalue weighted by Crippen LogP contribution is 2.34. The highest BCUT2D eigenvalue weighted by atomic mass is 35.5. The molecule has 26 heavy (non-hydrogen) atoms. The first kappa shape index (κ1) is 16.9. The average Bonchev–Trinajstić information content (AvgIpc) is 3.26. The lowest BCUT2D eigenvalue weighted by molar-refractivity contribution is -0.138. The molecule has 0 atom stereocenters. The molecule has 0 saturated carbocycles. The van der Waals surface area contributed by atoms with Gasteiger partial charge in [0.15, 0.2) is 0 Å². The van der Waals surface area contributed by atoms with Gasteiger partial charge in [0, 0.05) is 18.1 Å². The van der Waals surface area contributed by atoms with E-state index in [0.717, 1.165) is 37.1 Å². The van der Waals surface area contributed by atoms with Crippen LogP contribution in [0.25, 0.3) is 5.57 Å². The van der Waals surface area contributed by atoms with Crippen molar-refractivity contribution in [2.45, 2.75) is 19.4 Å². The fourth-order valence-electron chi connectivity index (χ4n) is 3.58. The van der Waals surface area contributed by atoms with Crippen molar-refractivity contribution in [1.82, 2.24) is 9.80 Å². The molecular formula is C21H19ClN2O2. The number of carbonyl (C=O) groups is 2. The minimum Gasteiger partial charge on any atom is -0.366 e. The summed E-state index contributed by atoms with van der Waals surface area (Å²) in [6.45, 7) is 1.90. The minimum atomic E-state index is -0.233. The molecule has 0 spiro atoms. The molecule has 132 valence electrons. The Hall–Kier alpha value is -2.59. The molecular weight excluding hydrogens is 348 g/mol. The van der Waals surface area contributed by atoms with Crippen LogP contribution < -0.4 is 0 Å². The number of benzene rings is 2. The van der Waals surface area contributed by atoms with E-state index in [0.29, 0.717) is 16.3 Å². The van der Waals surface area contributed by atoms with Gasteiger partial charge in [0.2, 0.25) is 0 Å². The zero-order valence-electron chi connectivity index (χ0n) is 14.3. The summed E-state index contributed by atoms with van der Waals surface area (Å²) in [5.41, 5.74) is 2.70. The van der Waals surface area contributed by atoms with Crippen LogP contribution in [-0.4, -0.2) is 34.7 Å². The quantitative estimate of drug-likeness (QED) is 0.774. The van der Waals surface area contributed by atoms with Gasteiger partial charge < -0.3 is 4.90 Å². The van der Waals surface area contributed by atoms with E-state index >= 15 is 0 Å². The third kappa shape index (κ3) is 3.01. The molecule has 0 aromatic heterocycles. The monoisotopic (exact) mass is 366 g/mol. The second kappa shape index (κ2) is 6.96. The molecule has 5 heteroatoms. The molecule has 2 aliphatic heterocycles. The lowest BCUT2D eigenvalue weighted by Gasteiger charge is -2.20. The molecule has 2 aliphatic rings. The summed E-state index contributed by atoms with van der Waals surface area (Å²) in [4.78, 5) is 29.7. The van der Waals surface area contributed by atoms with Gasteiger partial charge in [-0.1, -0.05) is 54.1 Å². The fraction of sp³-hybridized carbons (Fsp3) is 0.238. The Labute approximate surface area is 157 Å². The number of rotatable bonds is 4. The maximum absolute atomic E-state index is 13.2. The largest absolute Gasteiger partial charge is 0.366 e. The van der Waals surface area contributed by atoms with Crippen LogP contribution in [0.2, 0.25) is 5.02 Å². The molecule has 0 radical (unpaired) electrons. The molecule has 4 rings (SSSR count). The first-order valence-corrected chi connectivity index (χ1v) is 9.18. The zero-order chi connectivity index (χ0) is 18.1. The summed E-state index contributed by atoms with van der Waals surface area (Å²) >= 11 is 5.99. The third-order valence-corrected chi connectivity index (χ3v) is 5.13. The second-order valence-corrected chi connectivity index (χ2v) is 7.04. The van der Waals surface area contributed by atoms with Crippen LogP contribution in [0.5, 0.6) is 0 Å². The Morgan fingerprint density at radius 2 is 1.50 bits per heavy atom. The number of imide groups is 1. The summed E-state index contributed by atoms with van der Waals surface area (Å²) in [7, 11) is 0. The number of hydrogen-bond acceptors (Lipinski definition) is 3. The van der Waals surface area contributed by atoms with Gasteiger partial charge in [-0.2, -0.15) is 0 Å². The van der Waals surface area contributed by atoms with Crippen molar-refractivity contribution in [2.24, 2.45) is 0 Å². The minimum absolute atomic E-state index is 0.203. The van der Waals surface area contributed by atoms with Gasteiger partial charge in [-0.3, -0.25) is 14.5 Å². The van der Waals surface area contributed by atoms with Crippen LogP contribution in [0.1, 0.15) is 24.0 Å². The summed E-state index contributed by atoms with van der Waals surface area (Å²) in [5, 5.41) is 0.606. The molecule has 2 aromatic rings. The standard InChI is InChI=1S/C21H19ClN2O2/c22-17-10-8-16(9-11-17)18-19(23-12-4-5-13-23)21(26)24(20(18)25)14-15-6-2-1-3-7-15/h1-3,6-11H,4-5,12-14H2. The number of carbonyl (C=O) groups excluding carboxylic acids is 2. The maximum atomic E-state index is 13.2. The number of amides is 2. The molecule has 1 saturated heterocycles. The van der Waals surface area contributed by atoms with Crippen molar-refractivity contribution in [1.29, 1.82) is 0 Å². The van der Waals surface area contributed by atoms with Gasteiger partial charge in [-0.25, -0.2) is 0 Å². The molecule has 0 bridgehead atoms. The van der Waals surface area contributed by atoms with E-state index in [-0.39, 0.29) is 18.4 Å². The van der Waals surface area contributed by atoms with Crippen LogP contribution in [-0.2, 0) is 16.1 Å². The average molecular weight is 367 g/mol. The Balaban J connectivity index is 1.74. The van der Waals surface area contributed by atoms with Crippen molar-refractivity contribution in [3.05, 3.63) is 76.4 Å². The van der Waals surface area contributed by atoms with E-state index in [4.69, 9.17) is 11.6 Å². The molecule has 2 heterocycles. The van der Waals surface area contributed by atoms with Gasteiger partial charge in [-0.05, 0) is 36.1 Å². The molecule has 0 N–H and O–H groups in total. The number of likely N-dealkylation sites (tertiary alicyclic amines) is 1. The van der Waals surface area contributed by atoms with Gasteiger partial charge in [-0.15, -0.1) is 0 Å². The lowest BCUT2D eigenvalue weighted by Crippen LogP contribution is -2.34. The first-order valence-electron chi connectivity index (χ1n) is 8.80. The van der Waals surface area contributed by atoms with E-state index in [1.807, 2.05) is 42.5 Å². The van der Waals surface area contributed by atoms with Gasteiger partial charge in [0.1, 0.15) is 5.70 Å². The molecule has 0 unspecified atom stereocenters. The van der Waals surface area contributed by atoms with Crippen molar-refractivity contribution >= 4 is 29.0 Å². The fourth-order valence-corrected chi connectivity index (χ4v) is 3.71. The molecule has 2 amide bonds. The van der Waals surface area contributed by atoms with Crippen LogP contribution in [0.4, 0.5) is 0 Å². The van der Waals surface area contributed by atoms with E-state index in [9.17, 15) is 9.59 Å². The van der Waals surface area contributed by atoms with Gasteiger partial charge in [0.05, 0.1) is 12.1 Å². The molecule has 4 nitrogen and oxygen atoms in total. The Bertz CT molecular complexity index is 869. The summed E-state index contributed by atoms with van der Waals surface area (Å²) in [5.74, 6) is -0.436. The molecule has 1 fully saturated rings. The maximum Gasteiger partial charge on any atom is 0.278 e. The molecule has 0 aliphatic carbocycles. The highest BCUT2D eigenvalue weighted by Gasteiger charge is 2.41. The van der Waals surface area contributed by atoms with Gasteiger partial charge in [0.25, 0.3) is 11.8 Å². The van der Waals surface area contributed by atoms with Gasteiger partial charge >= 0.3 is 0 Å².